The van der Waals surface area contributed by atoms with Crippen molar-refractivity contribution in [2.24, 2.45) is 0 Å². The summed E-state index contributed by atoms with van der Waals surface area (Å²) in [6, 6.07) is 7.81. The first-order valence-electron chi connectivity index (χ1n) is 7.45. The van der Waals surface area contributed by atoms with E-state index in [1.807, 2.05) is 36.2 Å². The molecule has 124 valence electrons. The van der Waals surface area contributed by atoms with Gasteiger partial charge in [0.25, 0.3) is 0 Å². The molecular weight excluding hydrogens is 304 g/mol. The van der Waals surface area contributed by atoms with Crippen molar-refractivity contribution in [3.05, 3.63) is 24.3 Å². The number of likely N-dealkylation sites (N-methyl/N-ethyl adjacent to an activating group) is 1. The number of rotatable bonds is 6. The molecule has 0 spiro atoms. The van der Waals surface area contributed by atoms with E-state index in [-0.39, 0.29) is 18.3 Å². The quantitative estimate of drug-likeness (QED) is 0.869. The summed E-state index contributed by atoms with van der Waals surface area (Å²) >= 11 is 0. The molecule has 0 aromatic heterocycles. The predicted octanol–water partition coefficient (Wildman–Crippen LogP) is 2.10. The molecule has 1 unspecified atom stereocenters. The van der Waals surface area contributed by atoms with Crippen LogP contribution < -0.4 is 14.8 Å². The molecule has 1 amide bonds. The lowest BCUT2D eigenvalue weighted by molar-refractivity contribution is -0.133. The summed E-state index contributed by atoms with van der Waals surface area (Å²) in [7, 11) is 3.58. The molecule has 1 aliphatic heterocycles. The molecular formula is C16H25ClN2O3. The van der Waals surface area contributed by atoms with Crippen LogP contribution in [0.5, 0.6) is 11.5 Å². The summed E-state index contributed by atoms with van der Waals surface area (Å²) in [4.78, 5) is 14.1. The molecule has 22 heavy (non-hydrogen) atoms. The lowest BCUT2D eigenvalue weighted by atomic mass is 10.1. The van der Waals surface area contributed by atoms with Crippen LogP contribution in [-0.4, -0.2) is 50.7 Å². The number of hydrogen-bond donors (Lipinski definition) is 1. The molecule has 1 atom stereocenters. The van der Waals surface area contributed by atoms with Crippen LogP contribution in [0, 0.1) is 0 Å². The van der Waals surface area contributed by atoms with E-state index in [9.17, 15) is 4.79 Å². The second kappa shape index (κ2) is 9.54. The number of benzene rings is 1. The maximum Gasteiger partial charge on any atom is 0.226 e. The van der Waals surface area contributed by atoms with Crippen LogP contribution in [0.15, 0.2) is 24.3 Å². The minimum atomic E-state index is 0. The third kappa shape index (κ3) is 5.39. The fourth-order valence-corrected chi connectivity index (χ4v) is 2.53. The lowest BCUT2D eigenvalue weighted by Crippen LogP contribution is -2.47. The number of nitrogens with zero attached hydrogens (tertiary/aromatic N) is 1. The van der Waals surface area contributed by atoms with Crippen LogP contribution in [0.2, 0.25) is 0 Å². The van der Waals surface area contributed by atoms with E-state index in [2.05, 4.69) is 5.32 Å². The summed E-state index contributed by atoms with van der Waals surface area (Å²) in [5.41, 5.74) is 0. The van der Waals surface area contributed by atoms with E-state index in [0.29, 0.717) is 19.1 Å². The highest BCUT2D eigenvalue weighted by Crippen LogP contribution is 2.17. The van der Waals surface area contributed by atoms with E-state index in [0.717, 1.165) is 37.4 Å². The maximum absolute atomic E-state index is 12.1. The first-order chi connectivity index (χ1) is 10.2. The summed E-state index contributed by atoms with van der Waals surface area (Å²) in [5, 5.41) is 3.24. The fraction of sp³-hybridized carbons (Fsp3) is 0.562. The number of likely N-dealkylation sites (tertiary alicyclic amines) is 1. The number of carbonyl (C=O) groups excluding carboxylic acids is 1. The molecule has 2 rings (SSSR count). The van der Waals surface area contributed by atoms with Gasteiger partial charge in [0.15, 0.2) is 0 Å². The van der Waals surface area contributed by atoms with E-state index >= 15 is 0 Å². The third-order valence-corrected chi connectivity index (χ3v) is 3.83. The van der Waals surface area contributed by atoms with Crippen molar-refractivity contribution in [3.63, 3.8) is 0 Å². The van der Waals surface area contributed by atoms with Gasteiger partial charge in [0.1, 0.15) is 11.5 Å². The molecule has 0 aliphatic carbocycles. The Labute approximate surface area is 138 Å². The van der Waals surface area contributed by atoms with Gasteiger partial charge < -0.3 is 19.7 Å². The molecule has 5 nitrogen and oxygen atoms in total. The number of carbonyl (C=O) groups is 1. The number of amides is 1. The van der Waals surface area contributed by atoms with Gasteiger partial charge in [-0.15, -0.1) is 12.4 Å². The summed E-state index contributed by atoms with van der Waals surface area (Å²) in [6.45, 7) is 2.07. The molecule has 0 saturated carbocycles. The zero-order chi connectivity index (χ0) is 15.1. The Hall–Kier alpha value is -1.46. The van der Waals surface area contributed by atoms with E-state index in [1.54, 1.807) is 7.11 Å². The molecule has 6 heteroatoms. The third-order valence-electron chi connectivity index (χ3n) is 3.83. The van der Waals surface area contributed by atoms with E-state index in [4.69, 9.17) is 9.47 Å². The molecule has 1 aliphatic rings. The Morgan fingerprint density at radius 3 is 2.64 bits per heavy atom. The van der Waals surface area contributed by atoms with Gasteiger partial charge in [-0.2, -0.15) is 0 Å². The van der Waals surface area contributed by atoms with Crippen molar-refractivity contribution >= 4 is 18.3 Å². The Morgan fingerprint density at radius 1 is 1.32 bits per heavy atom. The van der Waals surface area contributed by atoms with Gasteiger partial charge in [0.05, 0.1) is 20.1 Å². The molecule has 1 heterocycles. The van der Waals surface area contributed by atoms with Crippen molar-refractivity contribution < 1.29 is 14.3 Å². The Balaban J connectivity index is 0.00000242. The van der Waals surface area contributed by atoms with Crippen molar-refractivity contribution in [2.45, 2.75) is 25.3 Å². The predicted molar refractivity (Wildman–Crippen MR) is 89.0 cm³/mol. The highest BCUT2D eigenvalue weighted by molar-refractivity contribution is 5.85. The van der Waals surface area contributed by atoms with Crippen molar-refractivity contribution in [3.8, 4) is 11.5 Å². The number of methoxy groups -OCH3 is 1. The number of ether oxygens (including phenoxy) is 2. The van der Waals surface area contributed by atoms with Crippen LogP contribution in [-0.2, 0) is 4.79 Å². The zero-order valence-electron chi connectivity index (χ0n) is 13.2. The minimum Gasteiger partial charge on any atom is -0.497 e. The van der Waals surface area contributed by atoms with Crippen LogP contribution in [0.1, 0.15) is 19.3 Å². The number of piperidine rings is 1. The topological polar surface area (TPSA) is 50.8 Å². The van der Waals surface area contributed by atoms with Gasteiger partial charge in [-0.25, -0.2) is 0 Å². The van der Waals surface area contributed by atoms with Crippen LogP contribution in [0.25, 0.3) is 0 Å². The summed E-state index contributed by atoms with van der Waals surface area (Å²) in [5.74, 6) is 1.73. The van der Waals surface area contributed by atoms with Crippen molar-refractivity contribution in [2.75, 3.05) is 33.9 Å². The largest absolute Gasteiger partial charge is 0.497 e. The Morgan fingerprint density at radius 2 is 2.00 bits per heavy atom. The molecule has 1 fully saturated rings. The Bertz CT molecular complexity index is 453. The van der Waals surface area contributed by atoms with Crippen LogP contribution in [0.3, 0.4) is 0 Å². The monoisotopic (exact) mass is 328 g/mol. The zero-order valence-corrected chi connectivity index (χ0v) is 14.0. The molecule has 0 radical (unpaired) electrons. The van der Waals surface area contributed by atoms with Crippen molar-refractivity contribution in [1.29, 1.82) is 0 Å². The van der Waals surface area contributed by atoms with Gasteiger partial charge in [0.2, 0.25) is 5.91 Å². The number of halogens is 1. The van der Waals surface area contributed by atoms with Crippen LogP contribution in [0.4, 0.5) is 0 Å². The minimum absolute atomic E-state index is 0. The molecule has 1 aromatic rings. The average Bonchev–Trinajstić information content (AvgIpc) is 2.55. The standard InChI is InChI=1S/C16H24N2O3.ClH/c1-17-13-4-3-10-18(12-13)16(19)9-11-21-15-7-5-14(20-2)6-8-15;/h5-8,13,17H,3-4,9-12H2,1-2H3;1H. The van der Waals surface area contributed by atoms with E-state index in [1.165, 1.54) is 0 Å². The Kier molecular flexibility index (Phi) is 8.06. The molecule has 1 saturated heterocycles. The maximum atomic E-state index is 12.1. The van der Waals surface area contributed by atoms with Crippen LogP contribution >= 0.6 is 12.4 Å². The number of nitrogens with one attached hydrogen (secondary N) is 1. The smallest absolute Gasteiger partial charge is 0.226 e. The lowest BCUT2D eigenvalue weighted by Gasteiger charge is -2.32. The van der Waals surface area contributed by atoms with E-state index < -0.39 is 0 Å². The molecule has 1 aromatic carbocycles. The summed E-state index contributed by atoms with van der Waals surface area (Å²) in [6.07, 6.45) is 2.63. The average molecular weight is 329 g/mol. The van der Waals surface area contributed by atoms with Gasteiger partial charge in [-0.3, -0.25) is 4.79 Å². The second-order valence-electron chi connectivity index (χ2n) is 5.24. The first kappa shape index (κ1) is 18.6. The first-order valence-corrected chi connectivity index (χ1v) is 7.45. The second-order valence-corrected chi connectivity index (χ2v) is 5.24. The fourth-order valence-electron chi connectivity index (χ4n) is 2.53. The van der Waals surface area contributed by atoms with Crippen molar-refractivity contribution in [1.82, 2.24) is 10.2 Å². The van der Waals surface area contributed by atoms with Gasteiger partial charge in [-0.1, -0.05) is 0 Å². The molecule has 0 bridgehead atoms. The molecule has 1 N–H and O–H groups in total. The highest BCUT2D eigenvalue weighted by Gasteiger charge is 2.22. The number of hydrogen-bond acceptors (Lipinski definition) is 4. The van der Waals surface area contributed by atoms with Gasteiger partial charge >= 0.3 is 0 Å². The highest BCUT2D eigenvalue weighted by atomic mass is 35.5. The van der Waals surface area contributed by atoms with Gasteiger partial charge in [-0.05, 0) is 44.2 Å². The summed E-state index contributed by atoms with van der Waals surface area (Å²) < 4.78 is 10.7. The normalized spacial score (nSPS) is 17.5. The SMILES string of the molecule is CNC1CCCN(C(=O)CCOc2ccc(OC)cc2)C1.Cl. The van der Waals surface area contributed by atoms with Gasteiger partial charge in [0, 0.05) is 19.1 Å².